The van der Waals surface area contributed by atoms with Gasteiger partial charge in [0.15, 0.2) is 5.78 Å². The smallest absolute Gasteiger partial charge is 0.323 e. The monoisotopic (exact) mass is 533 g/mol. The number of esters is 1. The molecule has 206 valence electrons. The number of rotatable bonds is 10. The Balaban J connectivity index is 1.50. The van der Waals surface area contributed by atoms with Crippen LogP contribution in [-0.2, 0) is 16.1 Å². The van der Waals surface area contributed by atoms with Crippen molar-refractivity contribution in [2.24, 2.45) is 5.92 Å². The van der Waals surface area contributed by atoms with E-state index in [0.29, 0.717) is 30.1 Å². The second kappa shape index (κ2) is 12.4. The highest BCUT2D eigenvalue weighted by Gasteiger charge is 2.26. The van der Waals surface area contributed by atoms with Crippen LogP contribution in [0.3, 0.4) is 0 Å². The number of ketones is 1. The molecule has 1 aliphatic carbocycles. The Kier molecular flexibility index (Phi) is 8.97. The summed E-state index contributed by atoms with van der Waals surface area (Å²) in [5, 5.41) is 3.33. The number of carbonyl (C=O) groups is 2. The number of nitrogens with one attached hydrogen (secondary N) is 1. The maximum absolute atomic E-state index is 13.7. The van der Waals surface area contributed by atoms with Crippen molar-refractivity contribution in [1.29, 1.82) is 0 Å². The number of benzene rings is 2. The summed E-state index contributed by atoms with van der Waals surface area (Å²) in [4.78, 5) is 38.6. The highest BCUT2D eigenvalue weighted by Crippen LogP contribution is 2.23. The zero-order chi connectivity index (χ0) is 28.1. The fraction of sp³-hybridized carbons (Fsp3) is 0.387. The maximum atomic E-state index is 13.7. The van der Waals surface area contributed by atoms with E-state index in [0.717, 1.165) is 31.2 Å². The van der Waals surface area contributed by atoms with Gasteiger partial charge in [-0.1, -0.05) is 26.0 Å². The first-order valence-electron chi connectivity index (χ1n) is 13.5. The molecule has 2 aromatic carbocycles. The third-order valence-electron chi connectivity index (χ3n) is 7.12. The van der Waals surface area contributed by atoms with Gasteiger partial charge in [0.25, 0.3) is 5.56 Å². The van der Waals surface area contributed by atoms with E-state index in [1.54, 1.807) is 19.1 Å². The lowest BCUT2D eigenvalue weighted by atomic mass is 10.0. The summed E-state index contributed by atoms with van der Waals surface area (Å²) in [7, 11) is 0. The number of nitrogens with zero attached hydrogens (tertiary/aromatic N) is 1. The largest absolute Gasteiger partial charge is 0.461 e. The summed E-state index contributed by atoms with van der Waals surface area (Å²) in [5.41, 5.74) is 8.14. The Labute approximate surface area is 228 Å². The molecule has 0 bridgehead atoms. The molecule has 3 N–H and O–H groups in total. The number of halogens is 1. The van der Waals surface area contributed by atoms with Crippen molar-refractivity contribution in [3.05, 3.63) is 93.0 Å². The Morgan fingerprint density at radius 1 is 1.08 bits per heavy atom. The minimum absolute atomic E-state index is 0.00649. The van der Waals surface area contributed by atoms with Crippen molar-refractivity contribution >= 4 is 17.6 Å². The first kappa shape index (κ1) is 28.2. The number of hydrogen-bond acceptors (Lipinski definition) is 6. The van der Waals surface area contributed by atoms with Crippen molar-refractivity contribution in [2.45, 2.75) is 71.6 Å². The van der Waals surface area contributed by atoms with E-state index in [4.69, 9.17) is 10.5 Å². The van der Waals surface area contributed by atoms with E-state index in [1.807, 2.05) is 12.1 Å². The second-order valence-electron chi connectivity index (χ2n) is 10.7. The van der Waals surface area contributed by atoms with Gasteiger partial charge in [-0.25, -0.2) is 4.39 Å². The van der Waals surface area contributed by atoms with E-state index in [-0.39, 0.29) is 34.6 Å². The van der Waals surface area contributed by atoms with Crippen LogP contribution in [0.15, 0.2) is 59.4 Å². The van der Waals surface area contributed by atoms with Crippen LogP contribution in [0.2, 0.25) is 0 Å². The van der Waals surface area contributed by atoms with Crippen molar-refractivity contribution in [3.8, 4) is 5.69 Å². The number of nitrogens with two attached hydrogens (primary N) is 1. The van der Waals surface area contributed by atoms with Gasteiger partial charge in [-0.3, -0.25) is 19.0 Å². The Hall–Kier alpha value is -3.78. The molecule has 0 radical (unpaired) electrons. The Bertz CT molecular complexity index is 1390. The number of pyridine rings is 1. The lowest BCUT2D eigenvalue weighted by molar-refractivity contribution is -0.151. The van der Waals surface area contributed by atoms with Crippen molar-refractivity contribution < 1.29 is 18.7 Å². The number of aromatic nitrogens is 1. The van der Waals surface area contributed by atoms with E-state index in [1.165, 1.54) is 34.9 Å². The summed E-state index contributed by atoms with van der Waals surface area (Å²) < 4.78 is 20.7. The van der Waals surface area contributed by atoms with Gasteiger partial charge in [-0.2, -0.15) is 0 Å². The van der Waals surface area contributed by atoms with Crippen LogP contribution in [0.5, 0.6) is 0 Å². The number of carbonyl (C=O) groups excluding carboxylic acids is 2. The van der Waals surface area contributed by atoms with Gasteiger partial charge >= 0.3 is 5.97 Å². The van der Waals surface area contributed by atoms with Gasteiger partial charge in [-0.15, -0.1) is 0 Å². The first-order valence-corrected chi connectivity index (χ1v) is 13.5. The van der Waals surface area contributed by atoms with Crippen LogP contribution in [-0.4, -0.2) is 28.5 Å². The molecule has 8 heteroatoms. The standard InChI is InChI=1S/C31H36FN3O4/c1-19(2)16-27(31(38)39-24-6-4-5-7-24)34-18-21-8-11-23(12-9-21)35-28(36)15-13-25(30(35)33)29(37)22-10-14-26(32)20(3)17-22/h8-15,17,19,24,27,34H,4-7,16,18,33H2,1-3H3/t27-/m0/s1. The summed E-state index contributed by atoms with van der Waals surface area (Å²) in [6.45, 7) is 6.18. The van der Waals surface area contributed by atoms with Gasteiger partial charge < -0.3 is 15.8 Å². The molecule has 0 aliphatic heterocycles. The average Bonchev–Trinajstić information content (AvgIpc) is 3.41. The highest BCUT2D eigenvalue weighted by atomic mass is 19.1. The van der Waals surface area contributed by atoms with E-state index in [9.17, 15) is 18.8 Å². The molecule has 1 aliphatic rings. The van der Waals surface area contributed by atoms with Crippen LogP contribution in [0.4, 0.5) is 10.2 Å². The molecule has 4 rings (SSSR count). The van der Waals surface area contributed by atoms with Gasteiger partial charge in [0.2, 0.25) is 0 Å². The lowest BCUT2D eigenvalue weighted by Crippen LogP contribution is -2.40. The summed E-state index contributed by atoms with van der Waals surface area (Å²) in [6.07, 6.45) is 4.75. The molecule has 0 saturated heterocycles. The molecule has 39 heavy (non-hydrogen) atoms. The molecule has 3 aromatic rings. The normalized spacial score (nSPS) is 14.5. The predicted octanol–water partition coefficient (Wildman–Crippen LogP) is 5.09. The molecule has 1 aromatic heterocycles. The van der Waals surface area contributed by atoms with Gasteiger partial charge in [0, 0.05) is 18.2 Å². The average molecular weight is 534 g/mol. The Morgan fingerprint density at radius 3 is 2.41 bits per heavy atom. The number of nitrogen functional groups attached to an aromatic ring is 1. The molecule has 0 spiro atoms. The molecule has 1 saturated carbocycles. The van der Waals surface area contributed by atoms with Crippen LogP contribution in [0.25, 0.3) is 5.69 Å². The van der Waals surface area contributed by atoms with Crippen molar-refractivity contribution in [3.63, 3.8) is 0 Å². The minimum atomic E-state index is -0.402. The molecule has 1 fully saturated rings. The van der Waals surface area contributed by atoms with Crippen LogP contribution in [0.1, 0.15) is 73.0 Å². The molecule has 0 amide bonds. The van der Waals surface area contributed by atoms with Crippen molar-refractivity contribution in [2.75, 3.05) is 5.73 Å². The van der Waals surface area contributed by atoms with Crippen molar-refractivity contribution in [1.82, 2.24) is 9.88 Å². The number of anilines is 1. The van der Waals surface area contributed by atoms with Crippen LogP contribution >= 0.6 is 0 Å². The summed E-state index contributed by atoms with van der Waals surface area (Å²) >= 11 is 0. The quantitative estimate of drug-likeness (QED) is 0.278. The number of hydrogen-bond donors (Lipinski definition) is 2. The van der Waals surface area contributed by atoms with E-state index in [2.05, 4.69) is 19.2 Å². The molecule has 0 unspecified atom stereocenters. The molecular weight excluding hydrogens is 497 g/mol. The Morgan fingerprint density at radius 2 is 1.77 bits per heavy atom. The molecular formula is C31H36FN3O4. The van der Waals surface area contributed by atoms with Crippen LogP contribution < -0.4 is 16.6 Å². The summed E-state index contributed by atoms with van der Waals surface area (Å²) in [5.74, 6) is -0.674. The highest BCUT2D eigenvalue weighted by molar-refractivity contribution is 6.11. The molecule has 7 nitrogen and oxygen atoms in total. The van der Waals surface area contributed by atoms with Gasteiger partial charge in [0.1, 0.15) is 23.8 Å². The maximum Gasteiger partial charge on any atom is 0.323 e. The number of ether oxygens (including phenoxy) is 1. The van der Waals surface area contributed by atoms with E-state index < -0.39 is 17.6 Å². The zero-order valence-electron chi connectivity index (χ0n) is 22.7. The van der Waals surface area contributed by atoms with Gasteiger partial charge in [0.05, 0.1) is 11.3 Å². The fourth-order valence-electron chi connectivity index (χ4n) is 4.94. The van der Waals surface area contributed by atoms with Gasteiger partial charge in [-0.05, 0) is 92.5 Å². The third-order valence-corrected chi connectivity index (χ3v) is 7.12. The summed E-state index contributed by atoms with van der Waals surface area (Å²) in [6, 6.07) is 13.6. The minimum Gasteiger partial charge on any atom is -0.461 e. The molecule has 1 atom stereocenters. The fourth-order valence-corrected chi connectivity index (χ4v) is 4.94. The van der Waals surface area contributed by atoms with E-state index >= 15 is 0 Å². The van der Waals surface area contributed by atoms with Crippen LogP contribution in [0, 0.1) is 18.7 Å². The third kappa shape index (κ3) is 6.81. The molecule has 1 heterocycles. The zero-order valence-corrected chi connectivity index (χ0v) is 22.7. The first-order chi connectivity index (χ1) is 18.6. The SMILES string of the molecule is Cc1cc(C(=O)c2ccc(=O)n(-c3ccc(CN[C@@H](CC(C)C)C(=O)OC4CCCC4)cc3)c2N)ccc1F. The lowest BCUT2D eigenvalue weighted by Gasteiger charge is -2.22. The predicted molar refractivity (Wildman–Crippen MR) is 149 cm³/mol. The number of aryl methyl sites for hydroxylation is 1. The second-order valence-corrected chi connectivity index (χ2v) is 10.7. The topological polar surface area (TPSA) is 103 Å².